The molecule has 2 amide bonds. The van der Waals surface area contributed by atoms with Gasteiger partial charge in [0.25, 0.3) is 0 Å². The fourth-order valence-electron chi connectivity index (χ4n) is 4.01. The van der Waals surface area contributed by atoms with Crippen LogP contribution in [0.3, 0.4) is 0 Å². The zero-order valence-corrected chi connectivity index (χ0v) is 16.9. The molecule has 158 valence electrons. The van der Waals surface area contributed by atoms with E-state index in [1.54, 1.807) is 34.3 Å². The summed E-state index contributed by atoms with van der Waals surface area (Å²) in [5, 5.41) is 0. The fraction of sp³-hybridized carbons (Fsp3) is 0.250. The second kappa shape index (κ2) is 8.18. The third-order valence-corrected chi connectivity index (χ3v) is 5.54. The molecule has 2 aromatic carbocycles. The first-order valence-corrected chi connectivity index (χ1v) is 10.3. The molecule has 7 nitrogen and oxygen atoms in total. The summed E-state index contributed by atoms with van der Waals surface area (Å²) in [6, 6.07) is 18.5. The number of amides is 2. The molecule has 1 fully saturated rings. The molecule has 2 aliphatic heterocycles. The average molecular weight is 418 g/mol. The first-order valence-electron chi connectivity index (χ1n) is 10.3. The number of rotatable bonds is 5. The van der Waals surface area contributed by atoms with Crippen molar-refractivity contribution in [2.24, 2.45) is 5.92 Å². The van der Waals surface area contributed by atoms with E-state index in [2.05, 4.69) is 0 Å². The van der Waals surface area contributed by atoms with Crippen LogP contribution in [0, 0.1) is 5.92 Å². The molecule has 1 atom stereocenters. The summed E-state index contributed by atoms with van der Waals surface area (Å²) in [5.74, 6) is 1.34. The van der Waals surface area contributed by atoms with Gasteiger partial charge in [-0.05, 0) is 36.4 Å². The third-order valence-electron chi connectivity index (χ3n) is 5.54. The van der Waals surface area contributed by atoms with E-state index >= 15 is 0 Å². The van der Waals surface area contributed by atoms with Crippen LogP contribution in [-0.2, 0) is 16.1 Å². The number of carbonyl (C=O) groups is 2. The van der Waals surface area contributed by atoms with Crippen LogP contribution < -0.4 is 19.3 Å². The zero-order chi connectivity index (χ0) is 21.2. The Hall–Kier alpha value is -3.74. The standard InChI is InChI=1S/C24H22N2O5/c27-23-13-17(15-25(23)19-8-9-21-22(14-19)31-12-11-30-21)24(28)26(16-20-7-4-10-29-20)18-5-2-1-3-6-18/h1-10,14,17H,11-13,15-16H2. The molecule has 1 unspecified atom stereocenters. The highest BCUT2D eigenvalue weighted by molar-refractivity contribution is 6.04. The molecule has 0 aliphatic carbocycles. The van der Waals surface area contributed by atoms with Gasteiger partial charge >= 0.3 is 0 Å². The summed E-state index contributed by atoms with van der Waals surface area (Å²) in [6.45, 7) is 1.62. The van der Waals surface area contributed by atoms with E-state index in [4.69, 9.17) is 13.9 Å². The number of furan rings is 1. The van der Waals surface area contributed by atoms with Crippen molar-refractivity contribution in [3.05, 3.63) is 72.7 Å². The summed E-state index contributed by atoms with van der Waals surface area (Å²) in [6.07, 6.45) is 1.75. The number of hydrogen-bond donors (Lipinski definition) is 0. The van der Waals surface area contributed by atoms with Gasteiger partial charge in [-0.1, -0.05) is 18.2 Å². The van der Waals surface area contributed by atoms with Crippen LogP contribution in [0.15, 0.2) is 71.3 Å². The van der Waals surface area contributed by atoms with Crippen molar-refractivity contribution in [3.63, 3.8) is 0 Å². The summed E-state index contributed by atoms with van der Waals surface area (Å²) in [4.78, 5) is 29.6. The highest BCUT2D eigenvalue weighted by Crippen LogP contribution is 2.36. The van der Waals surface area contributed by atoms with E-state index in [0.29, 0.717) is 49.2 Å². The minimum atomic E-state index is -0.448. The lowest BCUT2D eigenvalue weighted by Crippen LogP contribution is -2.37. The first kappa shape index (κ1) is 19.2. The van der Waals surface area contributed by atoms with Crippen molar-refractivity contribution in [1.29, 1.82) is 0 Å². The van der Waals surface area contributed by atoms with Crippen LogP contribution in [-0.4, -0.2) is 31.6 Å². The lowest BCUT2D eigenvalue weighted by molar-refractivity contribution is -0.124. The molecule has 7 heteroatoms. The minimum Gasteiger partial charge on any atom is -0.486 e. The highest BCUT2D eigenvalue weighted by Gasteiger charge is 2.38. The maximum atomic E-state index is 13.5. The Labute approximate surface area is 179 Å². The fourth-order valence-corrected chi connectivity index (χ4v) is 4.01. The Morgan fingerprint density at radius 3 is 2.58 bits per heavy atom. The Balaban J connectivity index is 1.37. The van der Waals surface area contributed by atoms with Crippen molar-refractivity contribution in [2.45, 2.75) is 13.0 Å². The predicted octanol–water partition coefficient (Wildman–Crippen LogP) is 3.64. The van der Waals surface area contributed by atoms with Crippen LogP contribution in [0.5, 0.6) is 11.5 Å². The molecular formula is C24H22N2O5. The van der Waals surface area contributed by atoms with Gasteiger partial charge in [0, 0.05) is 30.4 Å². The molecule has 31 heavy (non-hydrogen) atoms. The normalized spacial score (nSPS) is 17.6. The van der Waals surface area contributed by atoms with E-state index < -0.39 is 5.92 Å². The number of nitrogens with zero attached hydrogens (tertiary/aromatic N) is 2. The van der Waals surface area contributed by atoms with E-state index in [0.717, 1.165) is 5.69 Å². The SMILES string of the molecule is O=C1CC(C(=O)N(Cc2ccco2)c2ccccc2)CN1c1ccc2c(c1)OCCO2. The minimum absolute atomic E-state index is 0.0824. The molecule has 0 spiro atoms. The van der Waals surface area contributed by atoms with Gasteiger partial charge in [0.2, 0.25) is 11.8 Å². The van der Waals surface area contributed by atoms with Gasteiger partial charge in [0.1, 0.15) is 19.0 Å². The van der Waals surface area contributed by atoms with Crippen LogP contribution in [0.2, 0.25) is 0 Å². The van der Waals surface area contributed by atoms with Crippen LogP contribution in [0.25, 0.3) is 0 Å². The number of fused-ring (bicyclic) bond motifs is 1. The first-order chi connectivity index (χ1) is 15.2. The Morgan fingerprint density at radius 1 is 1.00 bits per heavy atom. The molecule has 5 rings (SSSR count). The lowest BCUT2D eigenvalue weighted by Gasteiger charge is -2.25. The quantitative estimate of drug-likeness (QED) is 0.633. The summed E-state index contributed by atoms with van der Waals surface area (Å²) in [7, 11) is 0. The topological polar surface area (TPSA) is 72.2 Å². The number of para-hydroxylation sites is 1. The van der Waals surface area contributed by atoms with E-state index in [-0.39, 0.29) is 18.2 Å². The van der Waals surface area contributed by atoms with Crippen LogP contribution >= 0.6 is 0 Å². The van der Waals surface area contributed by atoms with E-state index in [1.807, 2.05) is 42.5 Å². The van der Waals surface area contributed by atoms with Crippen LogP contribution in [0.1, 0.15) is 12.2 Å². The van der Waals surface area contributed by atoms with Crippen molar-refractivity contribution >= 4 is 23.2 Å². The molecule has 3 aromatic rings. The van der Waals surface area contributed by atoms with Crippen molar-refractivity contribution < 1.29 is 23.5 Å². The van der Waals surface area contributed by atoms with Gasteiger partial charge in [-0.2, -0.15) is 0 Å². The lowest BCUT2D eigenvalue weighted by atomic mass is 10.1. The highest BCUT2D eigenvalue weighted by atomic mass is 16.6. The monoisotopic (exact) mass is 418 g/mol. The zero-order valence-electron chi connectivity index (χ0n) is 16.9. The number of ether oxygens (including phenoxy) is 2. The van der Waals surface area contributed by atoms with Gasteiger partial charge in [0.15, 0.2) is 11.5 Å². The van der Waals surface area contributed by atoms with Crippen molar-refractivity contribution in [3.8, 4) is 11.5 Å². The Morgan fingerprint density at radius 2 is 1.81 bits per heavy atom. The van der Waals surface area contributed by atoms with Crippen LogP contribution in [0.4, 0.5) is 11.4 Å². The molecular weight excluding hydrogens is 396 g/mol. The van der Waals surface area contributed by atoms with Gasteiger partial charge in [0.05, 0.1) is 18.7 Å². The number of benzene rings is 2. The number of carbonyl (C=O) groups excluding carboxylic acids is 2. The molecule has 0 radical (unpaired) electrons. The largest absolute Gasteiger partial charge is 0.486 e. The second-order valence-corrected chi connectivity index (χ2v) is 7.57. The predicted molar refractivity (Wildman–Crippen MR) is 114 cm³/mol. The van der Waals surface area contributed by atoms with E-state index in [1.165, 1.54) is 0 Å². The average Bonchev–Trinajstić information content (AvgIpc) is 3.47. The van der Waals surface area contributed by atoms with Gasteiger partial charge in [-0.15, -0.1) is 0 Å². The Kier molecular flexibility index (Phi) is 5.08. The summed E-state index contributed by atoms with van der Waals surface area (Å²) < 4.78 is 16.7. The van der Waals surface area contributed by atoms with Crippen molar-refractivity contribution in [2.75, 3.05) is 29.6 Å². The molecule has 3 heterocycles. The molecule has 1 aromatic heterocycles. The van der Waals surface area contributed by atoms with Crippen molar-refractivity contribution in [1.82, 2.24) is 0 Å². The molecule has 0 N–H and O–H groups in total. The molecule has 0 saturated carbocycles. The van der Waals surface area contributed by atoms with Gasteiger partial charge in [-0.3, -0.25) is 9.59 Å². The van der Waals surface area contributed by atoms with Gasteiger partial charge < -0.3 is 23.7 Å². The maximum absolute atomic E-state index is 13.5. The molecule has 1 saturated heterocycles. The van der Waals surface area contributed by atoms with E-state index in [9.17, 15) is 9.59 Å². The summed E-state index contributed by atoms with van der Waals surface area (Å²) in [5.41, 5.74) is 1.48. The third kappa shape index (κ3) is 3.86. The van der Waals surface area contributed by atoms with Gasteiger partial charge in [-0.25, -0.2) is 0 Å². The summed E-state index contributed by atoms with van der Waals surface area (Å²) >= 11 is 0. The Bertz CT molecular complexity index is 1080. The number of anilines is 2. The number of hydrogen-bond acceptors (Lipinski definition) is 5. The molecule has 2 aliphatic rings. The smallest absolute Gasteiger partial charge is 0.232 e. The second-order valence-electron chi connectivity index (χ2n) is 7.57. The maximum Gasteiger partial charge on any atom is 0.232 e. The molecule has 0 bridgehead atoms.